The maximum Gasteiger partial charge on any atom is 0.274 e. The third kappa shape index (κ3) is 4.73. The molecular formula is C12H23N5O3S. The van der Waals surface area contributed by atoms with E-state index in [-0.39, 0.29) is 12.0 Å². The second-order valence-electron chi connectivity index (χ2n) is 5.48. The zero-order valence-electron chi connectivity index (χ0n) is 12.4. The lowest BCUT2D eigenvalue weighted by molar-refractivity contribution is 0.112. The van der Waals surface area contributed by atoms with Crippen LogP contribution in [-0.4, -0.2) is 43.1 Å². The Hall–Kier alpha value is -1.03. The summed E-state index contributed by atoms with van der Waals surface area (Å²) in [5.74, 6) is 1.57. The smallest absolute Gasteiger partial charge is 0.274 e. The molecule has 0 aromatic carbocycles. The molecule has 2 rings (SSSR count). The van der Waals surface area contributed by atoms with Crippen molar-refractivity contribution in [1.29, 1.82) is 0 Å². The van der Waals surface area contributed by atoms with Crippen molar-refractivity contribution >= 4 is 10.2 Å². The summed E-state index contributed by atoms with van der Waals surface area (Å²) in [7, 11) is -3.62. The molecule has 8 nitrogen and oxygen atoms in total. The fraction of sp³-hybridized carbons (Fsp3) is 0.833. The molecule has 1 aliphatic rings. The highest BCUT2D eigenvalue weighted by atomic mass is 32.2. The minimum absolute atomic E-state index is 0.0371. The van der Waals surface area contributed by atoms with Gasteiger partial charge in [-0.25, -0.2) is 9.86 Å². The molecule has 2 atom stereocenters. The van der Waals surface area contributed by atoms with E-state index in [1.54, 1.807) is 0 Å². The molecule has 120 valence electrons. The highest BCUT2D eigenvalue weighted by Gasteiger charge is 2.27. The van der Waals surface area contributed by atoms with Crippen molar-refractivity contribution in [1.82, 2.24) is 19.8 Å². The van der Waals surface area contributed by atoms with Crippen LogP contribution in [0.15, 0.2) is 4.52 Å². The number of aromatic nitrogens is 2. The average molecular weight is 317 g/mol. The van der Waals surface area contributed by atoms with Gasteiger partial charge in [0.2, 0.25) is 5.89 Å². The van der Waals surface area contributed by atoms with E-state index in [2.05, 4.69) is 19.8 Å². The van der Waals surface area contributed by atoms with E-state index in [9.17, 15) is 8.42 Å². The largest absolute Gasteiger partial charge is 0.338 e. The first-order chi connectivity index (χ1) is 9.89. The minimum Gasteiger partial charge on any atom is -0.338 e. The molecule has 0 bridgehead atoms. The molecule has 2 heterocycles. The SMILES string of the molecule is CCc1noc(C(C)N2CCCC(CNS(N)(=O)=O)C2)n1. The number of nitrogens with two attached hydrogens (primary N) is 1. The Bertz CT molecular complexity index is 559. The highest BCUT2D eigenvalue weighted by Crippen LogP contribution is 2.25. The van der Waals surface area contributed by atoms with Crippen LogP contribution in [0.4, 0.5) is 0 Å². The maximum atomic E-state index is 11.0. The van der Waals surface area contributed by atoms with Crippen molar-refractivity contribution < 1.29 is 12.9 Å². The molecule has 1 saturated heterocycles. The number of hydrogen-bond acceptors (Lipinski definition) is 6. The summed E-state index contributed by atoms with van der Waals surface area (Å²) in [4.78, 5) is 6.61. The molecule has 9 heteroatoms. The van der Waals surface area contributed by atoms with Crippen LogP contribution in [0.1, 0.15) is 44.4 Å². The van der Waals surface area contributed by atoms with Gasteiger partial charge in [0.15, 0.2) is 5.82 Å². The zero-order valence-corrected chi connectivity index (χ0v) is 13.3. The van der Waals surface area contributed by atoms with Crippen molar-refractivity contribution in [2.45, 2.75) is 39.2 Å². The fourth-order valence-electron chi connectivity index (χ4n) is 2.59. The molecule has 0 saturated carbocycles. The number of nitrogens with one attached hydrogen (secondary N) is 1. The van der Waals surface area contributed by atoms with Gasteiger partial charge in [-0.1, -0.05) is 12.1 Å². The molecule has 1 aliphatic heterocycles. The third-order valence-corrected chi connectivity index (χ3v) is 4.40. The van der Waals surface area contributed by atoms with E-state index in [1.165, 1.54) is 0 Å². The molecule has 1 fully saturated rings. The van der Waals surface area contributed by atoms with Gasteiger partial charge in [0, 0.05) is 19.5 Å². The topological polar surface area (TPSA) is 114 Å². The van der Waals surface area contributed by atoms with E-state index in [4.69, 9.17) is 9.66 Å². The summed E-state index contributed by atoms with van der Waals surface area (Å²) in [6, 6.07) is 0.0371. The standard InChI is InChI=1S/C12H23N5O3S/c1-3-11-15-12(20-16-11)9(2)17-6-4-5-10(8-17)7-14-21(13,18)19/h9-10,14H,3-8H2,1-2H3,(H2,13,18,19). The Labute approximate surface area is 125 Å². The molecule has 0 spiro atoms. The Morgan fingerprint density at radius 3 is 2.95 bits per heavy atom. The van der Waals surface area contributed by atoms with Gasteiger partial charge < -0.3 is 4.52 Å². The number of aryl methyl sites for hydroxylation is 1. The van der Waals surface area contributed by atoms with E-state index < -0.39 is 10.2 Å². The molecule has 3 N–H and O–H groups in total. The summed E-state index contributed by atoms with van der Waals surface area (Å²) in [5, 5.41) is 8.89. The van der Waals surface area contributed by atoms with Crippen LogP contribution in [0.3, 0.4) is 0 Å². The van der Waals surface area contributed by atoms with Gasteiger partial charge in [0.25, 0.3) is 10.2 Å². The van der Waals surface area contributed by atoms with Crippen LogP contribution >= 0.6 is 0 Å². The fourth-order valence-corrected chi connectivity index (χ4v) is 3.05. The summed E-state index contributed by atoms with van der Waals surface area (Å²) >= 11 is 0. The first-order valence-corrected chi connectivity index (χ1v) is 8.77. The molecule has 2 unspecified atom stereocenters. The van der Waals surface area contributed by atoms with Gasteiger partial charge >= 0.3 is 0 Å². The molecular weight excluding hydrogens is 294 g/mol. The van der Waals surface area contributed by atoms with Crippen LogP contribution in [0.2, 0.25) is 0 Å². The number of hydrogen-bond donors (Lipinski definition) is 2. The van der Waals surface area contributed by atoms with Crippen LogP contribution in [0.5, 0.6) is 0 Å². The Balaban J connectivity index is 1.93. The number of nitrogens with zero attached hydrogens (tertiary/aromatic N) is 3. The lowest BCUT2D eigenvalue weighted by Crippen LogP contribution is -2.43. The normalized spacial score (nSPS) is 22.3. The average Bonchev–Trinajstić information content (AvgIpc) is 2.93. The summed E-state index contributed by atoms with van der Waals surface area (Å²) < 4.78 is 29.6. The van der Waals surface area contributed by atoms with Crippen molar-refractivity contribution in [2.75, 3.05) is 19.6 Å². The number of likely N-dealkylation sites (tertiary alicyclic amines) is 1. The quantitative estimate of drug-likeness (QED) is 0.774. The van der Waals surface area contributed by atoms with E-state index in [0.717, 1.165) is 32.4 Å². The van der Waals surface area contributed by atoms with Crippen molar-refractivity contribution in [2.24, 2.45) is 11.1 Å². The molecule has 0 radical (unpaired) electrons. The van der Waals surface area contributed by atoms with Crippen molar-refractivity contribution in [3.05, 3.63) is 11.7 Å². The van der Waals surface area contributed by atoms with Crippen molar-refractivity contribution in [3.63, 3.8) is 0 Å². The predicted octanol–water partition coefficient (Wildman–Crippen LogP) is 0.198. The second kappa shape index (κ2) is 6.82. The second-order valence-corrected chi connectivity index (χ2v) is 6.85. The first-order valence-electron chi connectivity index (χ1n) is 7.23. The van der Waals surface area contributed by atoms with Crippen LogP contribution in [-0.2, 0) is 16.6 Å². The Morgan fingerprint density at radius 1 is 1.57 bits per heavy atom. The molecule has 1 aromatic rings. The number of piperidine rings is 1. The lowest BCUT2D eigenvalue weighted by atomic mass is 9.97. The first kappa shape index (κ1) is 16.3. The van der Waals surface area contributed by atoms with Crippen LogP contribution in [0.25, 0.3) is 0 Å². The van der Waals surface area contributed by atoms with Gasteiger partial charge in [-0.15, -0.1) is 0 Å². The lowest BCUT2D eigenvalue weighted by Gasteiger charge is -2.35. The predicted molar refractivity (Wildman–Crippen MR) is 77.5 cm³/mol. The van der Waals surface area contributed by atoms with Gasteiger partial charge in [0.1, 0.15) is 0 Å². The van der Waals surface area contributed by atoms with Crippen LogP contribution < -0.4 is 9.86 Å². The summed E-state index contributed by atoms with van der Waals surface area (Å²) in [6.07, 6.45) is 2.74. The Morgan fingerprint density at radius 2 is 2.33 bits per heavy atom. The van der Waals surface area contributed by atoms with Gasteiger partial charge in [0.05, 0.1) is 6.04 Å². The van der Waals surface area contributed by atoms with E-state index >= 15 is 0 Å². The van der Waals surface area contributed by atoms with Gasteiger partial charge in [-0.3, -0.25) is 4.90 Å². The summed E-state index contributed by atoms with van der Waals surface area (Å²) in [5.41, 5.74) is 0. The van der Waals surface area contributed by atoms with Gasteiger partial charge in [-0.2, -0.15) is 13.4 Å². The van der Waals surface area contributed by atoms with Crippen molar-refractivity contribution in [3.8, 4) is 0 Å². The highest BCUT2D eigenvalue weighted by molar-refractivity contribution is 7.87. The maximum absolute atomic E-state index is 11.0. The van der Waals surface area contributed by atoms with Gasteiger partial charge in [-0.05, 0) is 32.2 Å². The summed E-state index contributed by atoms with van der Waals surface area (Å²) in [6.45, 7) is 6.11. The third-order valence-electron chi connectivity index (χ3n) is 3.83. The monoisotopic (exact) mass is 317 g/mol. The molecule has 0 aliphatic carbocycles. The minimum atomic E-state index is -3.62. The molecule has 0 amide bonds. The molecule has 21 heavy (non-hydrogen) atoms. The van der Waals surface area contributed by atoms with E-state index in [1.807, 2.05) is 13.8 Å². The van der Waals surface area contributed by atoms with E-state index in [0.29, 0.717) is 18.3 Å². The van der Waals surface area contributed by atoms with Crippen LogP contribution in [0, 0.1) is 5.92 Å². The number of rotatable bonds is 6. The zero-order chi connectivity index (χ0) is 15.5. The Kier molecular flexibility index (Phi) is 5.31. The molecule has 1 aromatic heterocycles.